The molecule has 1 unspecified atom stereocenters. The fourth-order valence-electron chi connectivity index (χ4n) is 1.87. The monoisotopic (exact) mass is 256 g/mol. The van der Waals surface area contributed by atoms with E-state index in [-0.39, 0.29) is 5.60 Å². The van der Waals surface area contributed by atoms with Gasteiger partial charge in [-0.05, 0) is 49.7 Å². The summed E-state index contributed by atoms with van der Waals surface area (Å²) in [5.41, 5.74) is 7.10. The van der Waals surface area contributed by atoms with Crippen molar-refractivity contribution in [2.24, 2.45) is 5.73 Å². The average molecular weight is 256 g/mol. The Morgan fingerprint density at radius 2 is 2.24 bits per heavy atom. The molecule has 1 atom stereocenters. The fraction of sp³-hybridized carbons (Fsp3) is 0.692. The molecule has 1 rings (SSSR count). The summed E-state index contributed by atoms with van der Waals surface area (Å²) in [5.74, 6) is 0. The predicted octanol–water partition coefficient (Wildman–Crippen LogP) is 2.32. The maximum absolute atomic E-state index is 5.87. The molecule has 98 valence electrons. The summed E-state index contributed by atoms with van der Waals surface area (Å²) in [5, 5.41) is 4.30. The summed E-state index contributed by atoms with van der Waals surface area (Å²) in [7, 11) is 3.88. The standard InChI is InChI=1S/C13H24N2OS/c1-13(2,16-4)7-12(8-14)15(3)9-11-5-6-17-10-11/h5-6,10,12H,7-9,14H2,1-4H3. The molecule has 0 saturated carbocycles. The molecule has 1 aromatic rings. The first-order chi connectivity index (χ1) is 7.98. The summed E-state index contributed by atoms with van der Waals surface area (Å²) < 4.78 is 5.48. The number of likely N-dealkylation sites (N-methyl/N-ethyl adjacent to an activating group) is 1. The minimum atomic E-state index is -0.118. The summed E-state index contributed by atoms with van der Waals surface area (Å²) in [6.07, 6.45) is 0.945. The molecule has 0 aliphatic rings. The summed E-state index contributed by atoms with van der Waals surface area (Å²) in [4.78, 5) is 2.31. The lowest BCUT2D eigenvalue weighted by Crippen LogP contribution is -2.43. The molecule has 0 fully saturated rings. The second-order valence-electron chi connectivity index (χ2n) is 5.10. The van der Waals surface area contributed by atoms with Crippen LogP contribution >= 0.6 is 11.3 Å². The van der Waals surface area contributed by atoms with E-state index in [2.05, 4.69) is 42.6 Å². The second-order valence-corrected chi connectivity index (χ2v) is 5.88. The van der Waals surface area contributed by atoms with Crippen LogP contribution < -0.4 is 5.73 Å². The Morgan fingerprint density at radius 3 is 2.71 bits per heavy atom. The quantitative estimate of drug-likeness (QED) is 0.813. The Kier molecular flexibility index (Phi) is 5.59. The molecule has 0 bridgehead atoms. The van der Waals surface area contributed by atoms with Gasteiger partial charge < -0.3 is 10.5 Å². The zero-order chi connectivity index (χ0) is 12.9. The smallest absolute Gasteiger partial charge is 0.0638 e. The normalized spacial score (nSPS) is 14.2. The molecule has 0 radical (unpaired) electrons. The molecule has 3 nitrogen and oxygen atoms in total. The van der Waals surface area contributed by atoms with E-state index in [1.165, 1.54) is 5.56 Å². The van der Waals surface area contributed by atoms with Crippen LogP contribution in [0.5, 0.6) is 0 Å². The highest BCUT2D eigenvalue weighted by molar-refractivity contribution is 7.07. The van der Waals surface area contributed by atoms with Gasteiger partial charge in [0.2, 0.25) is 0 Å². The van der Waals surface area contributed by atoms with Crippen LogP contribution in [0.2, 0.25) is 0 Å². The molecule has 0 aliphatic carbocycles. The van der Waals surface area contributed by atoms with Gasteiger partial charge in [0.15, 0.2) is 0 Å². The number of methoxy groups -OCH3 is 1. The molecule has 0 spiro atoms. The highest BCUT2D eigenvalue weighted by Crippen LogP contribution is 2.19. The minimum Gasteiger partial charge on any atom is -0.379 e. The van der Waals surface area contributed by atoms with Gasteiger partial charge in [0.05, 0.1) is 5.60 Å². The van der Waals surface area contributed by atoms with Crippen molar-refractivity contribution >= 4 is 11.3 Å². The molecular formula is C13H24N2OS. The molecule has 2 N–H and O–H groups in total. The van der Waals surface area contributed by atoms with Crippen LogP contribution in [0.15, 0.2) is 16.8 Å². The lowest BCUT2D eigenvalue weighted by molar-refractivity contribution is -0.00537. The first kappa shape index (κ1) is 14.6. The van der Waals surface area contributed by atoms with Crippen molar-refractivity contribution in [3.63, 3.8) is 0 Å². The van der Waals surface area contributed by atoms with Crippen LogP contribution in [0.3, 0.4) is 0 Å². The number of nitrogens with zero attached hydrogens (tertiary/aromatic N) is 1. The van der Waals surface area contributed by atoms with E-state index in [1.807, 2.05) is 0 Å². The maximum Gasteiger partial charge on any atom is 0.0638 e. The van der Waals surface area contributed by atoms with Crippen LogP contribution in [0, 0.1) is 0 Å². The third kappa shape index (κ3) is 4.76. The van der Waals surface area contributed by atoms with Crippen LogP contribution in [0.1, 0.15) is 25.8 Å². The van der Waals surface area contributed by atoms with Crippen molar-refractivity contribution in [3.8, 4) is 0 Å². The van der Waals surface area contributed by atoms with Gasteiger partial charge in [-0.2, -0.15) is 11.3 Å². The Balaban J connectivity index is 2.55. The van der Waals surface area contributed by atoms with Crippen molar-refractivity contribution < 1.29 is 4.74 Å². The van der Waals surface area contributed by atoms with Gasteiger partial charge >= 0.3 is 0 Å². The first-order valence-corrected chi connectivity index (χ1v) is 6.89. The Bertz CT molecular complexity index is 311. The van der Waals surface area contributed by atoms with Gasteiger partial charge in [-0.15, -0.1) is 0 Å². The molecule has 0 amide bonds. The Labute approximate surface area is 109 Å². The van der Waals surface area contributed by atoms with Crippen molar-refractivity contribution in [3.05, 3.63) is 22.4 Å². The number of hydrogen-bond acceptors (Lipinski definition) is 4. The van der Waals surface area contributed by atoms with Gasteiger partial charge in [-0.1, -0.05) is 0 Å². The third-order valence-corrected chi connectivity index (χ3v) is 3.92. The number of nitrogens with two attached hydrogens (primary N) is 1. The molecule has 1 heterocycles. The Morgan fingerprint density at radius 1 is 1.53 bits per heavy atom. The van der Waals surface area contributed by atoms with Crippen molar-refractivity contribution in [1.82, 2.24) is 4.90 Å². The summed E-state index contributed by atoms with van der Waals surface area (Å²) in [6.45, 7) is 5.82. The molecular weight excluding hydrogens is 232 g/mol. The van der Waals surface area contributed by atoms with E-state index < -0.39 is 0 Å². The van der Waals surface area contributed by atoms with Crippen molar-refractivity contribution in [2.75, 3.05) is 20.7 Å². The molecule has 0 aliphatic heterocycles. The van der Waals surface area contributed by atoms with E-state index in [0.717, 1.165) is 13.0 Å². The highest BCUT2D eigenvalue weighted by atomic mass is 32.1. The van der Waals surface area contributed by atoms with Gasteiger partial charge in [0, 0.05) is 26.2 Å². The maximum atomic E-state index is 5.87. The lowest BCUT2D eigenvalue weighted by atomic mass is 9.97. The number of thiophene rings is 1. The first-order valence-electron chi connectivity index (χ1n) is 5.95. The third-order valence-electron chi connectivity index (χ3n) is 3.19. The minimum absolute atomic E-state index is 0.118. The van der Waals surface area contributed by atoms with Crippen LogP contribution in [-0.4, -0.2) is 37.2 Å². The fourth-order valence-corrected chi connectivity index (χ4v) is 2.53. The number of ether oxygens (including phenoxy) is 1. The molecule has 4 heteroatoms. The van der Waals surface area contributed by atoms with Gasteiger partial charge in [-0.3, -0.25) is 4.90 Å². The zero-order valence-corrected chi connectivity index (χ0v) is 12.1. The number of hydrogen-bond donors (Lipinski definition) is 1. The van der Waals surface area contributed by atoms with Crippen LogP contribution in [0.4, 0.5) is 0 Å². The second kappa shape index (κ2) is 6.50. The van der Waals surface area contributed by atoms with Crippen molar-refractivity contribution in [2.45, 2.75) is 38.5 Å². The molecule has 0 saturated heterocycles. The van der Waals surface area contributed by atoms with Gasteiger partial charge in [0.25, 0.3) is 0 Å². The van der Waals surface area contributed by atoms with E-state index in [1.54, 1.807) is 18.4 Å². The van der Waals surface area contributed by atoms with Crippen LogP contribution in [-0.2, 0) is 11.3 Å². The van der Waals surface area contributed by atoms with Crippen LogP contribution in [0.25, 0.3) is 0 Å². The summed E-state index contributed by atoms with van der Waals surface area (Å²) in [6, 6.07) is 2.51. The molecule has 1 aromatic heterocycles. The largest absolute Gasteiger partial charge is 0.379 e. The molecule has 17 heavy (non-hydrogen) atoms. The van der Waals surface area contributed by atoms with Gasteiger partial charge in [0.1, 0.15) is 0 Å². The Hall–Kier alpha value is -0.420. The molecule has 0 aromatic carbocycles. The predicted molar refractivity (Wildman–Crippen MR) is 74.3 cm³/mol. The average Bonchev–Trinajstić information content (AvgIpc) is 2.78. The number of rotatable bonds is 7. The van der Waals surface area contributed by atoms with E-state index in [0.29, 0.717) is 12.6 Å². The summed E-state index contributed by atoms with van der Waals surface area (Å²) >= 11 is 1.74. The van der Waals surface area contributed by atoms with E-state index >= 15 is 0 Å². The lowest BCUT2D eigenvalue weighted by Gasteiger charge is -2.33. The highest BCUT2D eigenvalue weighted by Gasteiger charge is 2.24. The van der Waals surface area contributed by atoms with E-state index in [4.69, 9.17) is 10.5 Å². The SMILES string of the molecule is COC(C)(C)CC(CN)N(C)Cc1ccsc1. The topological polar surface area (TPSA) is 38.5 Å². The zero-order valence-electron chi connectivity index (χ0n) is 11.3. The van der Waals surface area contributed by atoms with Crippen molar-refractivity contribution in [1.29, 1.82) is 0 Å². The van der Waals surface area contributed by atoms with Gasteiger partial charge in [-0.25, -0.2) is 0 Å². The van der Waals surface area contributed by atoms with E-state index in [9.17, 15) is 0 Å².